The first kappa shape index (κ1) is 57.3. The second kappa shape index (κ2) is 26.3. The Kier molecular flexibility index (Phi) is 21.8. The molecular weight excluding hydrogens is 936 g/mol. The average Bonchev–Trinajstić information content (AvgIpc) is 3.30. The van der Waals surface area contributed by atoms with Gasteiger partial charge in [-0.25, -0.2) is 9.59 Å². The summed E-state index contributed by atoms with van der Waals surface area (Å²) in [5.74, 6) is -6.88. The molecule has 0 aromatic carbocycles. The van der Waals surface area contributed by atoms with Gasteiger partial charge in [-0.15, -0.1) is 0 Å². The quantitative estimate of drug-likeness (QED) is 0.102. The molecule has 4 aliphatic rings. The summed E-state index contributed by atoms with van der Waals surface area (Å²) in [7, 11) is 8.37. The molecule has 0 saturated carbocycles. The molecule has 0 aromatic heterocycles. The van der Waals surface area contributed by atoms with Crippen LogP contribution in [0.2, 0.25) is 0 Å². The van der Waals surface area contributed by atoms with E-state index in [0.717, 1.165) is 35.0 Å². The van der Waals surface area contributed by atoms with E-state index in [4.69, 9.17) is 90.0 Å². The molecule has 69 heavy (non-hydrogen) atoms. The van der Waals surface area contributed by atoms with E-state index in [9.17, 15) is 38.7 Å². The summed E-state index contributed by atoms with van der Waals surface area (Å²) >= 11 is 0. The molecule has 8 unspecified atom stereocenters. The molecule has 27 nitrogen and oxygen atoms in total. The van der Waals surface area contributed by atoms with Crippen molar-refractivity contribution in [1.29, 1.82) is 0 Å². The van der Waals surface area contributed by atoms with E-state index in [1.54, 1.807) is 6.92 Å². The topological polar surface area (TPSA) is 315 Å². The molecule has 1 N–H and O–H groups in total. The van der Waals surface area contributed by atoms with E-state index in [-0.39, 0.29) is 6.61 Å². The largest absolute Gasteiger partial charge is 0.467 e. The zero-order valence-corrected chi connectivity index (χ0v) is 40.5. The number of carbonyl (C=O) groups excluding carboxylic acids is 7. The zero-order valence-electron chi connectivity index (χ0n) is 40.5. The Morgan fingerprint density at radius 2 is 0.812 bits per heavy atom. The highest BCUT2D eigenvalue weighted by molar-refractivity contribution is 5.76. The number of aliphatic hydroxyl groups excluding tert-OH is 1. The van der Waals surface area contributed by atoms with E-state index < -0.39 is 171 Å². The maximum Gasteiger partial charge on any atom is 0.337 e. The van der Waals surface area contributed by atoms with Crippen LogP contribution >= 0.6 is 0 Å². The molecule has 394 valence electrons. The number of ether oxygens (including phenoxy) is 19. The van der Waals surface area contributed by atoms with Crippen molar-refractivity contribution in [2.24, 2.45) is 5.92 Å². The molecule has 0 aliphatic carbocycles. The van der Waals surface area contributed by atoms with Gasteiger partial charge >= 0.3 is 41.8 Å². The van der Waals surface area contributed by atoms with Crippen molar-refractivity contribution >= 4 is 41.8 Å². The molecule has 4 rings (SSSR count). The molecule has 0 bridgehead atoms. The SMILES string of the molecule is COC(=O)C1O[C@@H](O[C@H]2C(OC(C)=O)C(OC(C)=O)[C@@H](O[C@H]3C(OC)C(OC)[C@@H](O[C@@H]4C(COC(C)=O)O[C@@H](OC)C(OC(C)=O)[C@H]4C)O[C@H]3C(=O)OC)O[C@H]2COC(C)=O)C(OC)[C@H](OC)[C@@H]1O. The fourth-order valence-electron chi connectivity index (χ4n) is 8.44. The molecular formula is C42H64O27. The van der Waals surface area contributed by atoms with Gasteiger partial charge in [0, 0.05) is 76.1 Å². The molecule has 27 heteroatoms. The Bertz CT molecular complexity index is 1740. The second-order valence-electron chi connectivity index (χ2n) is 16.0. The highest BCUT2D eigenvalue weighted by Gasteiger charge is 2.60. The fourth-order valence-corrected chi connectivity index (χ4v) is 8.44. The van der Waals surface area contributed by atoms with Crippen molar-refractivity contribution in [2.45, 2.75) is 158 Å². The average molecular weight is 1000 g/mol. The molecule has 0 amide bonds. The van der Waals surface area contributed by atoms with Crippen LogP contribution in [0.5, 0.6) is 0 Å². The third kappa shape index (κ3) is 14.0. The predicted molar refractivity (Wildman–Crippen MR) is 219 cm³/mol. The predicted octanol–water partition coefficient (Wildman–Crippen LogP) is -1.99. The second-order valence-corrected chi connectivity index (χ2v) is 16.0. The lowest BCUT2D eigenvalue weighted by Crippen LogP contribution is -2.69. The van der Waals surface area contributed by atoms with E-state index >= 15 is 0 Å². The molecule has 4 saturated heterocycles. The summed E-state index contributed by atoms with van der Waals surface area (Å²) in [5.41, 5.74) is 0. The van der Waals surface area contributed by atoms with Gasteiger partial charge in [0.25, 0.3) is 0 Å². The maximum atomic E-state index is 13.8. The molecule has 0 spiro atoms. The lowest BCUT2D eigenvalue weighted by molar-refractivity contribution is -0.385. The van der Waals surface area contributed by atoms with Gasteiger partial charge in [0.2, 0.25) is 0 Å². The first-order chi connectivity index (χ1) is 32.7. The standard InChI is InChI=1S/C42H64O27/c1-16-25(22(14-58-17(2)43)63-39(57-13)26(16)60-19(4)45)65-41-35(54-10)30(52-8)32(33(69-41)38(50)56-12)68-42-36(62-21(6)47)31(61-20(5)46)27(23(64-42)15-59-18(3)44)66-40-34(53-9)28(51-7)24(48)29(67-40)37(49)55-11/h16,22-36,39-42,48H,14-15H2,1-13H3/t16-,22?,23-,24-,25-,26?,27+,28+,29?,30?,31?,32-,33+,34?,35?,36?,39+,40+,41-,42+/m0/s1. The van der Waals surface area contributed by atoms with Gasteiger partial charge in [0.15, 0.2) is 55.7 Å². The van der Waals surface area contributed by atoms with Crippen LogP contribution in [-0.2, 0) is 124 Å². The summed E-state index contributed by atoms with van der Waals surface area (Å²) in [6.45, 7) is 6.14. The summed E-state index contributed by atoms with van der Waals surface area (Å²) in [5, 5.41) is 11.0. The number of hydrogen-bond donors (Lipinski definition) is 1. The van der Waals surface area contributed by atoms with Gasteiger partial charge in [-0.3, -0.25) is 24.0 Å². The van der Waals surface area contributed by atoms with Crippen LogP contribution in [0.3, 0.4) is 0 Å². The molecule has 4 fully saturated rings. The molecule has 0 aromatic rings. The van der Waals surface area contributed by atoms with Gasteiger partial charge in [-0.2, -0.15) is 0 Å². The first-order valence-electron chi connectivity index (χ1n) is 21.5. The fraction of sp³-hybridized carbons (Fsp3) is 0.833. The third-order valence-corrected chi connectivity index (χ3v) is 11.5. The Morgan fingerprint density at radius 1 is 0.406 bits per heavy atom. The minimum absolute atomic E-state index is 0.361. The van der Waals surface area contributed by atoms with Gasteiger partial charge in [-0.1, -0.05) is 6.92 Å². The molecule has 4 aliphatic heterocycles. The van der Waals surface area contributed by atoms with Gasteiger partial charge in [-0.05, 0) is 0 Å². The highest BCUT2D eigenvalue weighted by Crippen LogP contribution is 2.39. The molecule has 4 heterocycles. The van der Waals surface area contributed by atoms with Crippen LogP contribution in [0, 0.1) is 5.92 Å². The Labute approximate surface area is 397 Å². The number of hydrogen-bond acceptors (Lipinski definition) is 27. The number of methoxy groups -OCH3 is 7. The number of aliphatic hydroxyl groups is 1. The van der Waals surface area contributed by atoms with Crippen molar-refractivity contribution in [3.05, 3.63) is 0 Å². The van der Waals surface area contributed by atoms with Crippen LogP contribution in [0.15, 0.2) is 0 Å². The molecule has 20 atom stereocenters. The minimum atomic E-state index is -1.88. The Hall–Kier alpha value is -4.23. The molecule has 0 radical (unpaired) electrons. The Balaban J connectivity index is 1.80. The first-order valence-corrected chi connectivity index (χ1v) is 21.5. The summed E-state index contributed by atoms with van der Waals surface area (Å²) in [6.07, 6.45) is -28.4. The highest BCUT2D eigenvalue weighted by atomic mass is 16.8. The van der Waals surface area contributed by atoms with Crippen LogP contribution in [0.25, 0.3) is 0 Å². The maximum absolute atomic E-state index is 13.8. The Morgan fingerprint density at radius 3 is 1.29 bits per heavy atom. The number of esters is 7. The van der Waals surface area contributed by atoms with Crippen molar-refractivity contribution in [3.8, 4) is 0 Å². The lowest BCUT2D eigenvalue weighted by atomic mass is 9.90. The van der Waals surface area contributed by atoms with E-state index in [1.807, 2.05) is 0 Å². The van der Waals surface area contributed by atoms with Crippen LogP contribution in [0.4, 0.5) is 0 Å². The van der Waals surface area contributed by atoms with Crippen LogP contribution in [0.1, 0.15) is 41.5 Å². The number of carbonyl (C=O) groups is 7. The number of rotatable bonds is 20. The van der Waals surface area contributed by atoms with Crippen molar-refractivity contribution < 1.29 is 129 Å². The minimum Gasteiger partial charge on any atom is -0.467 e. The normalized spacial score (nSPS) is 37.9. The lowest BCUT2D eigenvalue weighted by Gasteiger charge is -2.51. The van der Waals surface area contributed by atoms with Crippen LogP contribution < -0.4 is 0 Å². The van der Waals surface area contributed by atoms with Gasteiger partial charge in [0.05, 0.1) is 20.3 Å². The summed E-state index contributed by atoms with van der Waals surface area (Å²) in [6, 6.07) is 0. The van der Waals surface area contributed by atoms with Crippen molar-refractivity contribution in [3.63, 3.8) is 0 Å². The van der Waals surface area contributed by atoms with E-state index in [0.29, 0.717) is 0 Å². The van der Waals surface area contributed by atoms with Crippen molar-refractivity contribution in [2.75, 3.05) is 63.0 Å². The third-order valence-electron chi connectivity index (χ3n) is 11.5. The van der Waals surface area contributed by atoms with E-state index in [2.05, 4.69) is 0 Å². The van der Waals surface area contributed by atoms with Crippen LogP contribution in [-0.4, -0.2) is 227 Å². The van der Waals surface area contributed by atoms with Gasteiger partial charge in [0.1, 0.15) is 68.1 Å². The smallest absolute Gasteiger partial charge is 0.337 e. The van der Waals surface area contributed by atoms with E-state index in [1.165, 1.54) is 49.4 Å². The van der Waals surface area contributed by atoms with Crippen molar-refractivity contribution in [1.82, 2.24) is 0 Å². The summed E-state index contributed by atoms with van der Waals surface area (Å²) < 4.78 is 110. The monoisotopic (exact) mass is 1000 g/mol. The van der Waals surface area contributed by atoms with Gasteiger partial charge < -0.3 is 95.1 Å². The summed E-state index contributed by atoms with van der Waals surface area (Å²) in [4.78, 5) is 88.8. The zero-order chi connectivity index (χ0) is 51.4.